The largest absolute Gasteiger partial charge is 0.468 e. The molecule has 10 radical (unpaired) electrons. The van der Waals surface area contributed by atoms with Crippen LogP contribution in [0.3, 0.4) is 0 Å². The van der Waals surface area contributed by atoms with Crippen molar-refractivity contribution in [3.05, 3.63) is 87.5 Å². The molecular weight excluding hydrogens is 316 g/mol. The van der Waals surface area contributed by atoms with Gasteiger partial charge in [-0.3, -0.25) is 9.59 Å². The van der Waals surface area contributed by atoms with Crippen molar-refractivity contribution in [1.82, 2.24) is 0 Å². The van der Waals surface area contributed by atoms with E-state index in [1.165, 1.54) is 14.2 Å². The fraction of sp³-hybridized carbons (Fsp3) is 0.238. The molecule has 130 valence electrons. The van der Waals surface area contributed by atoms with Crippen molar-refractivity contribution in [2.45, 2.75) is 12.8 Å². The van der Waals surface area contributed by atoms with Crippen molar-refractivity contribution < 1.29 is 19.1 Å². The Kier molecular flexibility index (Phi) is 7.73. The highest BCUT2D eigenvalue weighted by atomic mass is 16.5. The Morgan fingerprint density at radius 3 is 1.48 bits per heavy atom. The maximum atomic E-state index is 12.4. The van der Waals surface area contributed by atoms with E-state index in [0.29, 0.717) is 0 Å². The van der Waals surface area contributed by atoms with Crippen molar-refractivity contribution in [3.8, 4) is 0 Å². The van der Waals surface area contributed by atoms with Gasteiger partial charge in [-0.15, -0.1) is 0 Å². The molecule has 0 unspecified atom stereocenters. The molecule has 0 saturated heterocycles. The van der Waals surface area contributed by atoms with Crippen LogP contribution in [-0.2, 0) is 19.1 Å². The highest BCUT2D eigenvalue weighted by molar-refractivity contribution is 6.00. The second-order valence-corrected chi connectivity index (χ2v) is 5.71. The number of allylic oxidation sites excluding steroid dienone is 4. The van der Waals surface area contributed by atoms with E-state index in [4.69, 9.17) is 9.47 Å². The fourth-order valence-corrected chi connectivity index (χ4v) is 2.68. The lowest BCUT2D eigenvalue weighted by Gasteiger charge is -2.26. The minimum atomic E-state index is -1.39. The molecule has 0 amide bonds. The van der Waals surface area contributed by atoms with Crippen LogP contribution in [0.1, 0.15) is 12.8 Å². The number of hydrogen-bond acceptors (Lipinski definition) is 4. The Morgan fingerprint density at radius 1 is 0.800 bits per heavy atom. The van der Waals surface area contributed by atoms with Gasteiger partial charge in [0.05, 0.1) is 14.2 Å². The molecule has 2 fully saturated rings. The summed E-state index contributed by atoms with van der Waals surface area (Å²) in [6, 6.07) is 0. The zero-order valence-electron chi connectivity index (χ0n) is 14.5. The van der Waals surface area contributed by atoms with Crippen LogP contribution in [0, 0.1) is 68.6 Å². The summed E-state index contributed by atoms with van der Waals surface area (Å²) in [7, 11) is 2.56. The molecule has 0 aromatic carbocycles. The molecule has 0 aromatic heterocycles. The molecule has 4 heteroatoms. The van der Waals surface area contributed by atoms with E-state index in [1.54, 1.807) is 12.2 Å². The quantitative estimate of drug-likeness (QED) is 0.504. The van der Waals surface area contributed by atoms with Gasteiger partial charge in [-0.1, -0.05) is 24.3 Å². The second-order valence-electron chi connectivity index (χ2n) is 5.71. The molecule has 0 aromatic rings. The fourth-order valence-electron chi connectivity index (χ4n) is 2.68. The molecule has 2 saturated carbocycles. The van der Waals surface area contributed by atoms with Crippen LogP contribution in [-0.4, -0.2) is 26.2 Å². The number of ether oxygens (including phenoxy) is 2. The van der Waals surface area contributed by atoms with Crippen molar-refractivity contribution in [1.29, 1.82) is 0 Å². The van der Waals surface area contributed by atoms with Crippen LogP contribution < -0.4 is 0 Å². The highest BCUT2D eigenvalue weighted by Gasteiger charge is 2.46. The summed E-state index contributed by atoms with van der Waals surface area (Å²) in [5, 5.41) is 0. The van der Waals surface area contributed by atoms with Gasteiger partial charge < -0.3 is 9.47 Å². The lowest BCUT2D eigenvalue weighted by molar-refractivity contribution is -0.168. The second kappa shape index (κ2) is 9.79. The normalized spacial score (nSPS) is 19.9. The zero-order chi connectivity index (χ0) is 18.1. The predicted octanol–water partition coefficient (Wildman–Crippen LogP) is 3.02. The van der Waals surface area contributed by atoms with E-state index >= 15 is 0 Å². The first-order valence-corrected chi connectivity index (χ1v) is 8.06. The van der Waals surface area contributed by atoms with E-state index in [0.717, 1.165) is 11.8 Å². The number of methoxy groups -OCH3 is 2. The van der Waals surface area contributed by atoms with E-state index in [9.17, 15) is 9.59 Å². The molecule has 0 atom stereocenters. The molecule has 0 heterocycles. The summed E-state index contributed by atoms with van der Waals surface area (Å²) in [6.07, 6.45) is 23.3. The minimum absolute atomic E-state index is 0.197. The number of hydrogen-bond donors (Lipinski definition) is 0. The zero-order valence-corrected chi connectivity index (χ0v) is 14.5. The summed E-state index contributed by atoms with van der Waals surface area (Å²) in [6.45, 7) is 0. The molecule has 2 aliphatic carbocycles. The monoisotopic (exact) mass is 338 g/mol. The molecule has 4 nitrogen and oxygen atoms in total. The van der Waals surface area contributed by atoms with Crippen LogP contribution in [0.2, 0.25) is 0 Å². The molecule has 25 heavy (non-hydrogen) atoms. The number of carbonyl (C=O) groups is 2. The smallest absolute Gasteiger partial charge is 0.323 e. The average Bonchev–Trinajstić information content (AvgIpc) is 3.32. The summed E-state index contributed by atoms with van der Waals surface area (Å²) in [5.74, 6) is 0.823. The van der Waals surface area contributed by atoms with Crippen LogP contribution >= 0.6 is 0 Å². The Morgan fingerprint density at radius 2 is 1.16 bits per heavy atom. The van der Waals surface area contributed by atoms with E-state index < -0.39 is 17.4 Å². The molecule has 0 bridgehead atoms. The van der Waals surface area contributed by atoms with Crippen LogP contribution in [0.4, 0.5) is 0 Å². The summed E-state index contributed by atoms with van der Waals surface area (Å²) < 4.78 is 9.81. The summed E-state index contributed by atoms with van der Waals surface area (Å²) >= 11 is 0. The maximum absolute atomic E-state index is 12.4. The van der Waals surface area contributed by atoms with E-state index in [1.807, 2.05) is 63.5 Å². The lowest BCUT2D eigenvalue weighted by Crippen LogP contribution is -2.40. The Hall–Kier alpha value is -1.58. The Labute approximate surface area is 151 Å². The van der Waals surface area contributed by atoms with Crippen LogP contribution in [0.25, 0.3) is 0 Å². The van der Waals surface area contributed by atoms with Gasteiger partial charge in [-0.25, -0.2) is 0 Å². The molecular formula is C21H22O4. The van der Waals surface area contributed by atoms with Gasteiger partial charge in [-0.05, 0) is 64.2 Å². The third-order valence-corrected chi connectivity index (χ3v) is 4.08. The molecule has 2 rings (SSSR count). The standard InChI is InChI=1S/C21H22O4/c1-24-19(22)21(20(23)25-2,15-7-13-17-9-3-4-10-17)16-8-14-18-11-5-6-12-18/h3-14H,15-16H2,1-2H3/b13-7+,14-8+. The van der Waals surface area contributed by atoms with Crippen molar-refractivity contribution in [2.24, 2.45) is 5.41 Å². The Balaban J connectivity index is 2.11. The average molecular weight is 338 g/mol. The topological polar surface area (TPSA) is 52.6 Å². The number of carbonyl (C=O) groups excluding carboxylic acids is 2. The number of esters is 2. The van der Waals surface area contributed by atoms with E-state index in [-0.39, 0.29) is 12.8 Å². The van der Waals surface area contributed by atoms with Crippen LogP contribution in [0.15, 0.2) is 24.3 Å². The third-order valence-electron chi connectivity index (χ3n) is 4.08. The number of rotatable bonds is 8. The third kappa shape index (κ3) is 5.20. The van der Waals surface area contributed by atoms with Gasteiger partial charge in [0.2, 0.25) is 0 Å². The van der Waals surface area contributed by atoms with Gasteiger partial charge in [0.1, 0.15) is 0 Å². The molecule has 0 spiro atoms. The van der Waals surface area contributed by atoms with Gasteiger partial charge in [0.15, 0.2) is 5.41 Å². The SMILES string of the molecule is COC(=O)C(C/C=C/[C]1[CH][CH][CH][CH]1)(C/C=C/[C]1[CH][CH][CH][CH]1)C(=O)OC. The van der Waals surface area contributed by atoms with Crippen molar-refractivity contribution in [3.63, 3.8) is 0 Å². The lowest BCUT2D eigenvalue weighted by atomic mass is 9.80. The molecule has 0 aliphatic heterocycles. The summed E-state index contributed by atoms with van der Waals surface area (Å²) in [5.41, 5.74) is -1.39. The highest BCUT2D eigenvalue weighted by Crippen LogP contribution is 2.34. The van der Waals surface area contributed by atoms with E-state index in [2.05, 4.69) is 0 Å². The Bertz CT molecular complexity index is 448. The molecule has 2 aliphatic rings. The maximum Gasteiger partial charge on any atom is 0.323 e. The van der Waals surface area contributed by atoms with Gasteiger partial charge in [0, 0.05) is 11.8 Å². The van der Waals surface area contributed by atoms with Crippen molar-refractivity contribution >= 4 is 11.9 Å². The summed E-state index contributed by atoms with van der Waals surface area (Å²) in [4.78, 5) is 24.9. The van der Waals surface area contributed by atoms with Crippen LogP contribution in [0.5, 0.6) is 0 Å². The first-order valence-electron chi connectivity index (χ1n) is 8.06. The molecule has 0 N–H and O–H groups in total. The van der Waals surface area contributed by atoms with Gasteiger partial charge in [0.25, 0.3) is 0 Å². The first-order chi connectivity index (χ1) is 12.1. The van der Waals surface area contributed by atoms with Crippen molar-refractivity contribution in [2.75, 3.05) is 14.2 Å². The van der Waals surface area contributed by atoms with Gasteiger partial charge >= 0.3 is 11.9 Å². The van der Waals surface area contributed by atoms with Gasteiger partial charge in [-0.2, -0.15) is 0 Å². The first kappa shape index (κ1) is 19.7. The predicted molar refractivity (Wildman–Crippen MR) is 94.9 cm³/mol. The minimum Gasteiger partial charge on any atom is -0.468 e.